The summed E-state index contributed by atoms with van der Waals surface area (Å²) in [5, 5.41) is 0.732. The molecule has 0 N–H and O–H groups in total. The SMILES string of the molecule is CCN(CC)CCN(C(=O)Cc1ccc(C)c(C)c1)c1nc2c(OC)cccc2s1. The zero-order valence-corrected chi connectivity index (χ0v) is 19.4. The second-order valence-electron chi connectivity index (χ2n) is 7.47. The number of amides is 1. The third-order valence-corrected chi connectivity index (χ3v) is 6.63. The van der Waals surface area contributed by atoms with Crippen molar-refractivity contribution < 1.29 is 9.53 Å². The van der Waals surface area contributed by atoms with Crippen LogP contribution in [-0.2, 0) is 11.2 Å². The predicted molar refractivity (Wildman–Crippen MR) is 126 cm³/mol. The van der Waals surface area contributed by atoms with Gasteiger partial charge in [0.2, 0.25) is 5.91 Å². The van der Waals surface area contributed by atoms with Crippen molar-refractivity contribution in [1.29, 1.82) is 0 Å². The molecular formula is C24H31N3O2S. The molecule has 1 amide bonds. The van der Waals surface area contributed by atoms with Crippen molar-refractivity contribution >= 4 is 32.6 Å². The lowest BCUT2D eigenvalue weighted by Gasteiger charge is -2.25. The largest absolute Gasteiger partial charge is 0.494 e. The molecule has 0 aliphatic rings. The minimum atomic E-state index is 0.0726. The maximum atomic E-state index is 13.4. The number of likely N-dealkylation sites (N-methyl/N-ethyl adjacent to an activating group) is 1. The molecular weight excluding hydrogens is 394 g/mol. The van der Waals surface area contributed by atoms with Crippen LogP contribution in [0.3, 0.4) is 0 Å². The number of nitrogens with zero attached hydrogens (tertiary/aromatic N) is 3. The van der Waals surface area contributed by atoms with Crippen molar-refractivity contribution in [1.82, 2.24) is 9.88 Å². The van der Waals surface area contributed by atoms with E-state index in [0.29, 0.717) is 13.0 Å². The number of para-hydroxylation sites is 1. The van der Waals surface area contributed by atoms with Gasteiger partial charge in [-0.25, -0.2) is 4.98 Å². The van der Waals surface area contributed by atoms with Gasteiger partial charge in [0.15, 0.2) is 5.13 Å². The molecule has 0 atom stereocenters. The second-order valence-corrected chi connectivity index (χ2v) is 8.48. The zero-order valence-electron chi connectivity index (χ0n) is 18.6. The van der Waals surface area contributed by atoms with Crippen molar-refractivity contribution in [2.75, 3.05) is 38.2 Å². The number of thiazole rings is 1. The number of hydrogen-bond acceptors (Lipinski definition) is 5. The number of carbonyl (C=O) groups is 1. The highest BCUT2D eigenvalue weighted by Gasteiger charge is 2.22. The molecule has 0 aliphatic heterocycles. The highest BCUT2D eigenvalue weighted by Crippen LogP contribution is 2.34. The predicted octanol–water partition coefficient (Wildman–Crippen LogP) is 4.84. The Morgan fingerprint density at radius 3 is 2.50 bits per heavy atom. The first-order chi connectivity index (χ1) is 14.5. The first-order valence-electron chi connectivity index (χ1n) is 10.5. The summed E-state index contributed by atoms with van der Waals surface area (Å²) in [6, 6.07) is 12.1. The number of rotatable bonds is 9. The van der Waals surface area contributed by atoms with E-state index in [1.54, 1.807) is 18.4 Å². The van der Waals surface area contributed by atoms with Crippen LogP contribution in [0.5, 0.6) is 5.75 Å². The van der Waals surface area contributed by atoms with Gasteiger partial charge in [-0.3, -0.25) is 9.69 Å². The van der Waals surface area contributed by atoms with Crippen LogP contribution in [0.15, 0.2) is 36.4 Å². The van der Waals surface area contributed by atoms with Crippen LogP contribution in [0.1, 0.15) is 30.5 Å². The Bertz CT molecular complexity index is 1010. The Labute approximate surface area is 183 Å². The van der Waals surface area contributed by atoms with Crippen LogP contribution in [0.2, 0.25) is 0 Å². The Morgan fingerprint density at radius 1 is 1.07 bits per heavy atom. The highest BCUT2D eigenvalue weighted by molar-refractivity contribution is 7.22. The third-order valence-electron chi connectivity index (χ3n) is 5.58. The van der Waals surface area contributed by atoms with E-state index in [0.717, 1.165) is 46.3 Å². The number of methoxy groups -OCH3 is 1. The third kappa shape index (κ3) is 4.99. The van der Waals surface area contributed by atoms with E-state index in [1.807, 2.05) is 29.2 Å². The van der Waals surface area contributed by atoms with Gasteiger partial charge in [-0.15, -0.1) is 0 Å². The van der Waals surface area contributed by atoms with Crippen LogP contribution in [0, 0.1) is 13.8 Å². The van der Waals surface area contributed by atoms with Crippen molar-refractivity contribution in [3.05, 3.63) is 53.1 Å². The Balaban J connectivity index is 1.91. The summed E-state index contributed by atoms with van der Waals surface area (Å²) in [7, 11) is 1.65. The van der Waals surface area contributed by atoms with Gasteiger partial charge in [0.05, 0.1) is 18.2 Å². The summed E-state index contributed by atoms with van der Waals surface area (Å²) in [4.78, 5) is 22.3. The van der Waals surface area contributed by atoms with Crippen LogP contribution >= 0.6 is 11.3 Å². The molecule has 3 aromatic rings. The van der Waals surface area contributed by atoms with Crippen LogP contribution in [0.25, 0.3) is 10.2 Å². The molecule has 0 fully saturated rings. The molecule has 5 nitrogen and oxygen atoms in total. The van der Waals surface area contributed by atoms with E-state index < -0.39 is 0 Å². The standard InChI is InChI=1S/C24H31N3O2S/c1-6-26(7-2)13-14-27(22(28)16-19-12-11-17(3)18(4)15-19)24-25-23-20(29-5)9-8-10-21(23)30-24/h8-12,15H,6-7,13-14,16H2,1-5H3. The van der Waals surface area contributed by atoms with Gasteiger partial charge in [0, 0.05) is 13.1 Å². The van der Waals surface area contributed by atoms with E-state index >= 15 is 0 Å². The van der Waals surface area contributed by atoms with Gasteiger partial charge in [-0.05, 0) is 55.8 Å². The molecule has 0 saturated heterocycles. The zero-order chi connectivity index (χ0) is 21.7. The average molecular weight is 426 g/mol. The second kappa shape index (κ2) is 10.0. The smallest absolute Gasteiger partial charge is 0.233 e. The Morgan fingerprint density at radius 2 is 1.83 bits per heavy atom. The summed E-state index contributed by atoms with van der Waals surface area (Å²) in [5.74, 6) is 0.809. The molecule has 0 radical (unpaired) electrons. The Hall–Kier alpha value is -2.44. The number of aryl methyl sites for hydroxylation is 2. The van der Waals surface area contributed by atoms with Crippen LogP contribution < -0.4 is 9.64 Å². The first-order valence-corrected chi connectivity index (χ1v) is 11.3. The monoisotopic (exact) mass is 425 g/mol. The molecule has 0 spiro atoms. The summed E-state index contributed by atoms with van der Waals surface area (Å²) >= 11 is 1.54. The fourth-order valence-electron chi connectivity index (χ4n) is 3.48. The summed E-state index contributed by atoms with van der Waals surface area (Å²) in [6.07, 6.45) is 0.367. The van der Waals surface area contributed by atoms with E-state index in [9.17, 15) is 4.79 Å². The summed E-state index contributed by atoms with van der Waals surface area (Å²) < 4.78 is 6.49. The number of hydrogen-bond donors (Lipinski definition) is 0. The first kappa shape index (κ1) is 22.2. The molecule has 0 saturated carbocycles. The van der Waals surface area contributed by atoms with Gasteiger partial charge < -0.3 is 9.64 Å². The summed E-state index contributed by atoms with van der Waals surface area (Å²) in [6.45, 7) is 11.8. The van der Waals surface area contributed by atoms with Gasteiger partial charge in [0.1, 0.15) is 11.3 Å². The van der Waals surface area contributed by atoms with Crippen molar-refractivity contribution in [2.45, 2.75) is 34.1 Å². The molecule has 3 rings (SSSR count). The maximum absolute atomic E-state index is 13.4. The van der Waals surface area contributed by atoms with E-state index in [2.05, 4.69) is 44.7 Å². The molecule has 6 heteroatoms. The number of carbonyl (C=O) groups excluding carboxylic acids is 1. The van der Waals surface area contributed by atoms with Crippen molar-refractivity contribution in [2.24, 2.45) is 0 Å². The average Bonchev–Trinajstić information content (AvgIpc) is 3.17. The highest BCUT2D eigenvalue weighted by atomic mass is 32.1. The maximum Gasteiger partial charge on any atom is 0.233 e. The molecule has 1 heterocycles. The van der Waals surface area contributed by atoms with Gasteiger partial charge >= 0.3 is 0 Å². The van der Waals surface area contributed by atoms with Gasteiger partial charge in [0.25, 0.3) is 0 Å². The molecule has 0 aliphatic carbocycles. The van der Waals surface area contributed by atoms with E-state index in [4.69, 9.17) is 9.72 Å². The quantitative estimate of drug-likeness (QED) is 0.492. The number of aromatic nitrogens is 1. The van der Waals surface area contributed by atoms with Crippen molar-refractivity contribution in [3.8, 4) is 5.75 Å². The number of benzene rings is 2. The van der Waals surface area contributed by atoms with Crippen LogP contribution in [-0.4, -0.2) is 49.1 Å². The van der Waals surface area contributed by atoms with Gasteiger partial charge in [-0.1, -0.05) is 49.4 Å². The fraction of sp³-hybridized carbons (Fsp3) is 0.417. The molecule has 0 bridgehead atoms. The number of anilines is 1. The lowest BCUT2D eigenvalue weighted by Crippen LogP contribution is -2.39. The minimum absolute atomic E-state index is 0.0726. The van der Waals surface area contributed by atoms with E-state index in [1.165, 1.54) is 11.1 Å². The molecule has 30 heavy (non-hydrogen) atoms. The minimum Gasteiger partial charge on any atom is -0.494 e. The van der Waals surface area contributed by atoms with Gasteiger partial charge in [-0.2, -0.15) is 0 Å². The lowest BCUT2D eigenvalue weighted by atomic mass is 10.0. The Kier molecular flexibility index (Phi) is 7.45. The molecule has 0 unspecified atom stereocenters. The number of ether oxygens (including phenoxy) is 1. The lowest BCUT2D eigenvalue weighted by molar-refractivity contribution is -0.118. The fourth-order valence-corrected chi connectivity index (χ4v) is 4.51. The number of fused-ring (bicyclic) bond motifs is 1. The molecule has 2 aromatic carbocycles. The normalized spacial score (nSPS) is 11.3. The van der Waals surface area contributed by atoms with E-state index in [-0.39, 0.29) is 5.91 Å². The topological polar surface area (TPSA) is 45.7 Å². The molecule has 1 aromatic heterocycles. The summed E-state index contributed by atoms with van der Waals surface area (Å²) in [5.41, 5.74) is 4.30. The molecule has 160 valence electrons. The van der Waals surface area contributed by atoms with Crippen LogP contribution in [0.4, 0.5) is 5.13 Å². The van der Waals surface area contributed by atoms with Crippen molar-refractivity contribution in [3.63, 3.8) is 0 Å².